The average molecular weight is 282 g/mol. The molecule has 0 radical (unpaired) electrons. The standard InChI is InChI=1S/C16H18N4O/c1-21-10-8-17-12-14-6-9-20(19-14)15-4-5-16-13(11-15)3-2-7-18-16/h2-7,9,11,17H,8,10,12H2,1H3. The average Bonchev–Trinajstić information content (AvgIpc) is 3.00. The SMILES string of the molecule is COCCNCc1ccn(-c2ccc3ncccc3c2)n1. The summed E-state index contributed by atoms with van der Waals surface area (Å²) in [5.74, 6) is 0. The number of rotatable bonds is 6. The number of benzene rings is 1. The van der Waals surface area contributed by atoms with Crippen LogP contribution in [0.5, 0.6) is 0 Å². The van der Waals surface area contributed by atoms with Crippen molar-refractivity contribution in [3.05, 3.63) is 54.5 Å². The zero-order chi connectivity index (χ0) is 14.5. The quantitative estimate of drug-likeness (QED) is 0.704. The van der Waals surface area contributed by atoms with Crippen molar-refractivity contribution in [2.24, 2.45) is 0 Å². The van der Waals surface area contributed by atoms with Gasteiger partial charge in [0.2, 0.25) is 0 Å². The minimum Gasteiger partial charge on any atom is -0.383 e. The van der Waals surface area contributed by atoms with E-state index in [0.29, 0.717) is 6.61 Å². The first-order valence-electron chi connectivity index (χ1n) is 6.96. The van der Waals surface area contributed by atoms with Crippen molar-refractivity contribution in [1.29, 1.82) is 0 Å². The molecule has 5 heteroatoms. The summed E-state index contributed by atoms with van der Waals surface area (Å²) in [4.78, 5) is 4.33. The number of fused-ring (bicyclic) bond motifs is 1. The Morgan fingerprint density at radius 1 is 1.24 bits per heavy atom. The maximum Gasteiger partial charge on any atom is 0.0766 e. The highest BCUT2D eigenvalue weighted by Crippen LogP contribution is 2.16. The molecule has 3 aromatic rings. The fourth-order valence-corrected chi connectivity index (χ4v) is 2.20. The molecule has 5 nitrogen and oxygen atoms in total. The van der Waals surface area contributed by atoms with E-state index in [1.165, 1.54) is 0 Å². The van der Waals surface area contributed by atoms with Crippen LogP contribution in [0.4, 0.5) is 0 Å². The minimum absolute atomic E-state index is 0.707. The molecule has 0 saturated heterocycles. The third-order valence-electron chi connectivity index (χ3n) is 3.28. The van der Waals surface area contributed by atoms with Crippen molar-refractivity contribution in [3.8, 4) is 5.69 Å². The molecule has 0 spiro atoms. The van der Waals surface area contributed by atoms with Gasteiger partial charge in [-0.05, 0) is 30.3 Å². The lowest BCUT2D eigenvalue weighted by Crippen LogP contribution is -2.18. The van der Waals surface area contributed by atoms with Crippen LogP contribution >= 0.6 is 0 Å². The molecule has 0 aliphatic heterocycles. The molecule has 0 amide bonds. The molecule has 0 aliphatic rings. The van der Waals surface area contributed by atoms with E-state index >= 15 is 0 Å². The number of methoxy groups -OCH3 is 1. The van der Waals surface area contributed by atoms with Crippen LogP contribution in [0, 0.1) is 0 Å². The van der Waals surface area contributed by atoms with Gasteiger partial charge in [0.15, 0.2) is 0 Å². The van der Waals surface area contributed by atoms with E-state index in [1.807, 2.05) is 35.1 Å². The minimum atomic E-state index is 0.707. The summed E-state index contributed by atoms with van der Waals surface area (Å²) in [6.07, 6.45) is 3.78. The number of nitrogens with one attached hydrogen (secondary N) is 1. The van der Waals surface area contributed by atoms with Crippen molar-refractivity contribution in [3.63, 3.8) is 0 Å². The molecular weight excluding hydrogens is 264 g/mol. The van der Waals surface area contributed by atoms with Crippen LogP contribution < -0.4 is 5.32 Å². The van der Waals surface area contributed by atoms with Crippen molar-refractivity contribution in [2.75, 3.05) is 20.3 Å². The molecular formula is C16H18N4O. The second kappa shape index (κ2) is 6.47. The van der Waals surface area contributed by atoms with Crippen molar-refractivity contribution in [2.45, 2.75) is 6.54 Å². The normalized spacial score (nSPS) is 11.1. The zero-order valence-corrected chi connectivity index (χ0v) is 12.0. The fraction of sp³-hybridized carbons (Fsp3) is 0.250. The topological polar surface area (TPSA) is 52.0 Å². The lowest BCUT2D eigenvalue weighted by atomic mass is 10.2. The predicted molar refractivity (Wildman–Crippen MR) is 82.4 cm³/mol. The molecule has 0 aliphatic carbocycles. The molecule has 0 unspecified atom stereocenters. The van der Waals surface area contributed by atoms with E-state index in [-0.39, 0.29) is 0 Å². The Morgan fingerprint density at radius 2 is 2.19 bits per heavy atom. The van der Waals surface area contributed by atoms with E-state index in [1.54, 1.807) is 13.3 Å². The van der Waals surface area contributed by atoms with E-state index in [2.05, 4.69) is 27.5 Å². The molecule has 0 fully saturated rings. The first-order valence-corrected chi connectivity index (χ1v) is 6.96. The van der Waals surface area contributed by atoms with Gasteiger partial charge in [-0.1, -0.05) is 6.07 Å². The van der Waals surface area contributed by atoms with E-state index < -0.39 is 0 Å². The molecule has 3 rings (SSSR count). The Kier molecular flexibility index (Phi) is 4.23. The van der Waals surface area contributed by atoms with Gasteiger partial charge in [0.1, 0.15) is 0 Å². The lowest BCUT2D eigenvalue weighted by Gasteiger charge is -2.04. The highest BCUT2D eigenvalue weighted by molar-refractivity contribution is 5.80. The summed E-state index contributed by atoms with van der Waals surface area (Å²) < 4.78 is 6.89. The number of nitrogens with zero attached hydrogens (tertiary/aromatic N) is 3. The largest absolute Gasteiger partial charge is 0.383 e. The number of ether oxygens (including phenoxy) is 1. The van der Waals surface area contributed by atoms with Crippen LogP contribution in [0.2, 0.25) is 0 Å². The molecule has 0 atom stereocenters. The summed E-state index contributed by atoms with van der Waals surface area (Å²) >= 11 is 0. The van der Waals surface area contributed by atoms with Gasteiger partial charge in [0.25, 0.3) is 0 Å². The highest BCUT2D eigenvalue weighted by Gasteiger charge is 2.02. The molecule has 21 heavy (non-hydrogen) atoms. The van der Waals surface area contributed by atoms with Crippen LogP contribution in [0.15, 0.2) is 48.8 Å². The predicted octanol–water partition coefficient (Wildman–Crippen LogP) is 2.16. The Balaban J connectivity index is 1.75. The number of hydrogen-bond donors (Lipinski definition) is 1. The Hall–Kier alpha value is -2.24. The molecule has 2 aromatic heterocycles. The van der Waals surface area contributed by atoms with Gasteiger partial charge in [-0.15, -0.1) is 0 Å². The van der Waals surface area contributed by atoms with Crippen molar-refractivity contribution < 1.29 is 4.74 Å². The first kappa shape index (κ1) is 13.7. The van der Waals surface area contributed by atoms with Crippen LogP contribution in [0.3, 0.4) is 0 Å². The maximum atomic E-state index is 5.00. The van der Waals surface area contributed by atoms with E-state index in [4.69, 9.17) is 4.74 Å². The van der Waals surface area contributed by atoms with Crippen LogP contribution in [0.1, 0.15) is 5.69 Å². The monoisotopic (exact) mass is 282 g/mol. The molecule has 108 valence electrons. The molecule has 0 bridgehead atoms. The third-order valence-corrected chi connectivity index (χ3v) is 3.28. The van der Waals surface area contributed by atoms with Gasteiger partial charge in [-0.2, -0.15) is 5.10 Å². The maximum absolute atomic E-state index is 5.00. The number of pyridine rings is 1. The summed E-state index contributed by atoms with van der Waals surface area (Å²) in [7, 11) is 1.70. The lowest BCUT2D eigenvalue weighted by molar-refractivity contribution is 0.199. The second-order valence-corrected chi connectivity index (χ2v) is 4.80. The molecule has 1 aromatic carbocycles. The Morgan fingerprint density at radius 3 is 3.10 bits per heavy atom. The summed E-state index contributed by atoms with van der Waals surface area (Å²) in [6, 6.07) is 12.2. The van der Waals surface area contributed by atoms with E-state index in [0.717, 1.165) is 35.4 Å². The summed E-state index contributed by atoms with van der Waals surface area (Å²) in [6.45, 7) is 2.27. The zero-order valence-electron chi connectivity index (χ0n) is 12.0. The molecule has 2 heterocycles. The van der Waals surface area contributed by atoms with Crippen LogP contribution in [-0.4, -0.2) is 35.0 Å². The number of hydrogen-bond acceptors (Lipinski definition) is 4. The number of aromatic nitrogens is 3. The molecule has 1 N–H and O–H groups in total. The fourth-order valence-electron chi connectivity index (χ4n) is 2.20. The van der Waals surface area contributed by atoms with Gasteiger partial charge in [-0.25, -0.2) is 4.68 Å². The highest BCUT2D eigenvalue weighted by atomic mass is 16.5. The van der Waals surface area contributed by atoms with Gasteiger partial charge in [0, 0.05) is 38.0 Å². The van der Waals surface area contributed by atoms with Gasteiger partial charge >= 0.3 is 0 Å². The van der Waals surface area contributed by atoms with Crippen LogP contribution in [-0.2, 0) is 11.3 Å². The van der Waals surface area contributed by atoms with Crippen molar-refractivity contribution in [1.82, 2.24) is 20.1 Å². The van der Waals surface area contributed by atoms with E-state index in [9.17, 15) is 0 Å². The van der Waals surface area contributed by atoms with Crippen LogP contribution in [0.25, 0.3) is 16.6 Å². The molecule has 0 saturated carbocycles. The van der Waals surface area contributed by atoms with Crippen molar-refractivity contribution >= 4 is 10.9 Å². The Labute approximate surface area is 123 Å². The second-order valence-electron chi connectivity index (χ2n) is 4.80. The Bertz CT molecular complexity index is 723. The smallest absolute Gasteiger partial charge is 0.0766 e. The third kappa shape index (κ3) is 3.26. The van der Waals surface area contributed by atoms with Gasteiger partial charge in [-0.3, -0.25) is 4.98 Å². The van der Waals surface area contributed by atoms with Gasteiger partial charge < -0.3 is 10.1 Å². The van der Waals surface area contributed by atoms with Gasteiger partial charge in [0.05, 0.1) is 23.5 Å². The summed E-state index contributed by atoms with van der Waals surface area (Å²) in [5.41, 5.74) is 3.05. The summed E-state index contributed by atoms with van der Waals surface area (Å²) in [5, 5.41) is 8.98. The first-order chi connectivity index (χ1) is 10.4.